The molecule has 1 aliphatic heterocycles. The molecule has 1 fully saturated rings. The van der Waals surface area contributed by atoms with Crippen molar-refractivity contribution in [3.8, 4) is 11.5 Å². The monoisotopic (exact) mass is 404 g/mol. The van der Waals surface area contributed by atoms with Gasteiger partial charge in [-0.25, -0.2) is 0 Å². The maximum Gasteiger partial charge on any atom is 0.124 e. The number of para-hydroxylation sites is 1. The topological polar surface area (TPSA) is 33.7 Å². The molecule has 3 rings (SSSR count). The summed E-state index contributed by atoms with van der Waals surface area (Å²) < 4.78 is 12.4. The second-order valence-corrected chi connectivity index (χ2v) is 7.09. The fourth-order valence-electron chi connectivity index (χ4n) is 3.50. The van der Waals surface area contributed by atoms with Crippen LogP contribution in [0, 0.1) is 0 Å². The van der Waals surface area contributed by atoms with Gasteiger partial charge in [0.15, 0.2) is 0 Å². The zero-order valence-corrected chi connectivity index (χ0v) is 16.4. The third-order valence-corrected chi connectivity index (χ3v) is 5.15. The highest BCUT2D eigenvalue weighted by molar-refractivity contribution is 9.10. The van der Waals surface area contributed by atoms with Crippen molar-refractivity contribution in [2.24, 2.45) is 0 Å². The van der Waals surface area contributed by atoms with Crippen LogP contribution in [-0.4, -0.2) is 45.3 Å². The van der Waals surface area contributed by atoms with E-state index < -0.39 is 0 Å². The second-order valence-electron chi connectivity index (χ2n) is 6.17. The third kappa shape index (κ3) is 4.17. The summed E-state index contributed by atoms with van der Waals surface area (Å²) in [6.45, 7) is 4.07. The minimum absolute atomic E-state index is 0.0866. The molecule has 1 aliphatic rings. The van der Waals surface area contributed by atoms with E-state index in [4.69, 9.17) is 9.47 Å². The Morgan fingerprint density at radius 2 is 1.72 bits per heavy atom. The maximum atomic E-state index is 5.69. The largest absolute Gasteiger partial charge is 0.496 e. The lowest BCUT2D eigenvalue weighted by atomic mass is 9.95. The number of hydrogen-bond acceptors (Lipinski definition) is 4. The Labute approximate surface area is 158 Å². The Morgan fingerprint density at radius 3 is 2.52 bits per heavy atom. The van der Waals surface area contributed by atoms with Crippen molar-refractivity contribution in [3.05, 3.63) is 58.1 Å². The van der Waals surface area contributed by atoms with E-state index in [1.54, 1.807) is 14.2 Å². The fraction of sp³-hybridized carbons (Fsp3) is 0.400. The molecule has 0 amide bonds. The number of hydrogen-bond donors (Lipinski definition) is 1. The Hall–Kier alpha value is -1.56. The predicted molar refractivity (Wildman–Crippen MR) is 105 cm³/mol. The van der Waals surface area contributed by atoms with Gasteiger partial charge in [-0.2, -0.15) is 0 Å². The third-order valence-electron chi connectivity index (χ3n) is 4.66. The molecule has 0 radical (unpaired) electrons. The van der Waals surface area contributed by atoms with Crippen LogP contribution in [0.4, 0.5) is 0 Å². The summed E-state index contributed by atoms with van der Waals surface area (Å²) in [5, 5.41) is 3.49. The van der Waals surface area contributed by atoms with Crippen LogP contribution in [0.2, 0.25) is 0 Å². The van der Waals surface area contributed by atoms with Gasteiger partial charge in [-0.1, -0.05) is 34.1 Å². The Kier molecular flexibility index (Phi) is 6.34. The van der Waals surface area contributed by atoms with Crippen LogP contribution in [-0.2, 0) is 0 Å². The van der Waals surface area contributed by atoms with Crippen molar-refractivity contribution in [2.45, 2.75) is 12.5 Å². The van der Waals surface area contributed by atoms with E-state index in [2.05, 4.69) is 44.3 Å². The first-order chi connectivity index (χ1) is 12.2. The van der Waals surface area contributed by atoms with Crippen LogP contribution in [0.1, 0.15) is 23.6 Å². The highest BCUT2D eigenvalue weighted by Gasteiger charge is 2.28. The molecule has 1 atom stereocenters. The van der Waals surface area contributed by atoms with Crippen LogP contribution in [0.25, 0.3) is 0 Å². The van der Waals surface area contributed by atoms with Crippen LogP contribution >= 0.6 is 15.9 Å². The van der Waals surface area contributed by atoms with Gasteiger partial charge < -0.3 is 14.8 Å². The maximum absolute atomic E-state index is 5.69. The molecule has 1 N–H and O–H groups in total. The van der Waals surface area contributed by atoms with Gasteiger partial charge in [0.2, 0.25) is 0 Å². The van der Waals surface area contributed by atoms with E-state index >= 15 is 0 Å². The normalized spacial score (nSPS) is 16.9. The summed E-state index contributed by atoms with van der Waals surface area (Å²) >= 11 is 3.62. The predicted octanol–water partition coefficient (Wildman–Crippen LogP) is 3.85. The lowest BCUT2D eigenvalue weighted by Gasteiger charge is -2.33. The number of nitrogens with one attached hydrogen (secondary N) is 1. The molecule has 1 unspecified atom stereocenters. The summed E-state index contributed by atoms with van der Waals surface area (Å²) in [7, 11) is 3.47. The Morgan fingerprint density at radius 1 is 0.960 bits per heavy atom. The number of benzene rings is 2. The lowest BCUT2D eigenvalue weighted by molar-refractivity contribution is 0.231. The quantitative estimate of drug-likeness (QED) is 0.820. The zero-order chi connectivity index (χ0) is 17.6. The van der Waals surface area contributed by atoms with E-state index in [0.29, 0.717) is 0 Å². The number of halogens is 1. The van der Waals surface area contributed by atoms with E-state index in [1.165, 1.54) is 5.56 Å². The highest BCUT2D eigenvalue weighted by Crippen LogP contribution is 2.40. The Bertz CT molecular complexity index is 700. The SMILES string of the molecule is COc1ccccc1C(c1cc(Br)ccc1OC)N1CCCNCC1. The molecular weight excluding hydrogens is 380 g/mol. The van der Waals surface area contributed by atoms with E-state index in [0.717, 1.165) is 54.1 Å². The lowest BCUT2D eigenvalue weighted by Crippen LogP contribution is -2.33. The first kappa shape index (κ1) is 18.2. The smallest absolute Gasteiger partial charge is 0.124 e. The van der Waals surface area contributed by atoms with Gasteiger partial charge in [0.05, 0.1) is 20.3 Å². The number of rotatable bonds is 5. The molecule has 134 valence electrons. The molecule has 4 nitrogen and oxygen atoms in total. The van der Waals surface area contributed by atoms with Gasteiger partial charge in [-0.3, -0.25) is 4.90 Å². The fourth-order valence-corrected chi connectivity index (χ4v) is 3.88. The van der Waals surface area contributed by atoms with E-state index in [9.17, 15) is 0 Å². The molecule has 5 heteroatoms. The Balaban J connectivity index is 2.13. The second kappa shape index (κ2) is 8.70. The first-order valence-corrected chi connectivity index (χ1v) is 9.45. The molecule has 0 spiro atoms. The van der Waals surface area contributed by atoms with Crippen molar-refractivity contribution in [3.63, 3.8) is 0 Å². The van der Waals surface area contributed by atoms with Crippen LogP contribution in [0.15, 0.2) is 46.9 Å². The van der Waals surface area contributed by atoms with E-state index in [1.807, 2.05) is 24.3 Å². The van der Waals surface area contributed by atoms with Crippen LogP contribution in [0.5, 0.6) is 11.5 Å². The van der Waals surface area contributed by atoms with Crippen molar-refractivity contribution in [1.82, 2.24) is 10.2 Å². The van der Waals surface area contributed by atoms with Crippen molar-refractivity contribution >= 4 is 15.9 Å². The van der Waals surface area contributed by atoms with Crippen molar-refractivity contribution in [1.29, 1.82) is 0 Å². The highest BCUT2D eigenvalue weighted by atomic mass is 79.9. The number of ether oxygens (including phenoxy) is 2. The molecule has 1 heterocycles. The average Bonchev–Trinajstić information content (AvgIpc) is 2.92. The summed E-state index contributed by atoms with van der Waals surface area (Å²) in [4.78, 5) is 2.52. The molecule has 25 heavy (non-hydrogen) atoms. The molecule has 0 aliphatic carbocycles. The van der Waals surface area contributed by atoms with Gasteiger partial charge >= 0.3 is 0 Å². The summed E-state index contributed by atoms with van der Waals surface area (Å²) in [6, 6.07) is 14.6. The molecule has 0 aromatic heterocycles. The van der Waals surface area contributed by atoms with Crippen LogP contribution in [0.3, 0.4) is 0 Å². The molecule has 0 bridgehead atoms. The summed E-state index contributed by atoms with van der Waals surface area (Å²) in [5.74, 6) is 1.81. The minimum atomic E-state index is 0.0866. The molecule has 2 aromatic rings. The minimum Gasteiger partial charge on any atom is -0.496 e. The van der Waals surface area contributed by atoms with Gasteiger partial charge in [0, 0.05) is 35.2 Å². The van der Waals surface area contributed by atoms with Gasteiger partial charge in [0.1, 0.15) is 11.5 Å². The van der Waals surface area contributed by atoms with Crippen LogP contribution < -0.4 is 14.8 Å². The average molecular weight is 405 g/mol. The molecule has 2 aromatic carbocycles. The summed E-state index contributed by atoms with van der Waals surface area (Å²) in [5.41, 5.74) is 2.33. The van der Waals surface area contributed by atoms with E-state index in [-0.39, 0.29) is 6.04 Å². The summed E-state index contributed by atoms with van der Waals surface area (Å²) in [6.07, 6.45) is 1.13. The number of methoxy groups -OCH3 is 2. The first-order valence-electron chi connectivity index (χ1n) is 8.65. The van der Waals surface area contributed by atoms with Gasteiger partial charge in [-0.05, 0) is 37.2 Å². The molecular formula is C20H25BrN2O2. The molecule has 0 saturated carbocycles. The zero-order valence-electron chi connectivity index (χ0n) is 14.8. The van der Waals surface area contributed by atoms with Gasteiger partial charge in [0.25, 0.3) is 0 Å². The van der Waals surface area contributed by atoms with Crippen molar-refractivity contribution in [2.75, 3.05) is 40.4 Å². The standard InChI is InChI=1S/C20H25BrN2O2/c1-24-18-7-4-3-6-16(18)20(23-12-5-10-22-11-13-23)17-14-15(21)8-9-19(17)25-2/h3-4,6-9,14,20,22H,5,10-13H2,1-2H3. The molecule has 1 saturated heterocycles. The van der Waals surface area contributed by atoms with Gasteiger partial charge in [-0.15, -0.1) is 0 Å². The van der Waals surface area contributed by atoms with Crippen molar-refractivity contribution < 1.29 is 9.47 Å². The number of nitrogens with zero attached hydrogens (tertiary/aromatic N) is 1.